The van der Waals surface area contributed by atoms with Crippen molar-refractivity contribution in [1.82, 2.24) is 15.1 Å². The summed E-state index contributed by atoms with van der Waals surface area (Å²) >= 11 is 0. The van der Waals surface area contributed by atoms with Crippen LogP contribution in [0.25, 0.3) is 10.9 Å². The third kappa shape index (κ3) is 4.71. The van der Waals surface area contributed by atoms with Gasteiger partial charge >= 0.3 is 0 Å². The van der Waals surface area contributed by atoms with Gasteiger partial charge in [-0.25, -0.2) is 0 Å². The Hall–Kier alpha value is -2.99. The van der Waals surface area contributed by atoms with Gasteiger partial charge in [-0.05, 0) is 37.0 Å². The Morgan fingerprint density at radius 1 is 1.00 bits per heavy atom. The molecular weight excluding hydrogens is 364 g/mol. The minimum absolute atomic E-state index is 0.0837. The van der Waals surface area contributed by atoms with E-state index in [1.165, 1.54) is 44.1 Å². The number of hydrogen-bond donors (Lipinski definition) is 2. The standard InChI is InChI=1S/C23H26N4O2/c28-22-15-25-27(21-11-5-4-10-20(21)22)17-23(29)24-14-18-8-2-3-9-19(18)16-26-12-6-1-7-13-26/h2-5,8-11,15H,1,6-7,12-14,16-17H2,(H,24,29)/p+1. The molecule has 1 aliphatic heterocycles. The van der Waals surface area contributed by atoms with E-state index in [0.29, 0.717) is 17.4 Å². The number of benzene rings is 2. The fourth-order valence-corrected chi connectivity index (χ4v) is 4.07. The lowest BCUT2D eigenvalue weighted by atomic mass is 10.0. The van der Waals surface area contributed by atoms with Gasteiger partial charge in [0.25, 0.3) is 0 Å². The molecule has 1 saturated heterocycles. The zero-order chi connectivity index (χ0) is 20.1. The number of carbonyl (C=O) groups is 1. The molecule has 6 nitrogen and oxygen atoms in total. The lowest BCUT2D eigenvalue weighted by Gasteiger charge is -2.24. The van der Waals surface area contributed by atoms with E-state index in [1.54, 1.807) is 15.6 Å². The fraction of sp³-hybridized carbons (Fsp3) is 0.348. The van der Waals surface area contributed by atoms with Crippen LogP contribution in [0.4, 0.5) is 0 Å². The van der Waals surface area contributed by atoms with E-state index in [2.05, 4.69) is 28.6 Å². The molecule has 3 aromatic rings. The number of hydrogen-bond acceptors (Lipinski definition) is 3. The monoisotopic (exact) mass is 391 g/mol. The average molecular weight is 391 g/mol. The summed E-state index contributed by atoms with van der Waals surface area (Å²) in [6.07, 6.45) is 5.21. The minimum atomic E-state index is -0.133. The molecule has 0 spiro atoms. The van der Waals surface area contributed by atoms with Gasteiger partial charge in [-0.3, -0.25) is 14.3 Å². The maximum Gasteiger partial charge on any atom is 0.242 e. The van der Waals surface area contributed by atoms with Gasteiger partial charge in [-0.15, -0.1) is 0 Å². The maximum atomic E-state index is 12.6. The van der Waals surface area contributed by atoms with Crippen molar-refractivity contribution in [2.24, 2.45) is 0 Å². The molecule has 2 aromatic carbocycles. The smallest absolute Gasteiger partial charge is 0.242 e. The summed E-state index contributed by atoms with van der Waals surface area (Å²) < 4.78 is 1.58. The van der Waals surface area contributed by atoms with Gasteiger partial charge in [0, 0.05) is 17.5 Å². The van der Waals surface area contributed by atoms with Gasteiger partial charge in [0.1, 0.15) is 13.1 Å². The summed E-state index contributed by atoms with van der Waals surface area (Å²) in [6, 6.07) is 15.6. The van der Waals surface area contributed by atoms with Crippen molar-refractivity contribution in [3.63, 3.8) is 0 Å². The highest BCUT2D eigenvalue weighted by atomic mass is 16.2. The van der Waals surface area contributed by atoms with Crippen LogP contribution in [0.1, 0.15) is 30.4 Å². The summed E-state index contributed by atoms with van der Waals surface area (Å²) in [5.41, 5.74) is 3.00. The van der Waals surface area contributed by atoms with Crippen molar-refractivity contribution in [2.75, 3.05) is 13.1 Å². The predicted molar refractivity (Wildman–Crippen MR) is 113 cm³/mol. The molecule has 0 unspecified atom stereocenters. The zero-order valence-corrected chi connectivity index (χ0v) is 16.6. The lowest BCUT2D eigenvalue weighted by Crippen LogP contribution is -3.11. The third-order valence-electron chi connectivity index (χ3n) is 5.65. The normalized spacial score (nSPS) is 14.8. The second kappa shape index (κ2) is 9.01. The molecule has 2 heterocycles. The van der Waals surface area contributed by atoms with Crippen LogP contribution in [0.15, 0.2) is 59.5 Å². The molecule has 0 bridgehead atoms. The van der Waals surface area contributed by atoms with E-state index in [0.717, 1.165) is 12.1 Å². The van der Waals surface area contributed by atoms with Crippen LogP contribution >= 0.6 is 0 Å². The van der Waals surface area contributed by atoms with E-state index >= 15 is 0 Å². The third-order valence-corrected chi connectivity index (χ3v) is 5.65. The Bertz CT molecular complexity index is 1050. The second-order valence-corrected chi connectivity index (χ2v) is 7.72. The van der Waals surface area contributed by atoms with Gasteiger partial charge in [0.2, 0.25) is 11.3 Å². The predicted octanol–water partition coefficient (Wildman–Crippen LogP) is 1.28. The van der Waals surface area contributed by atoms with Crippen LogP contribution in [0, 0.1) is 0 Å². The fourth-order valence-electron chi connectivity index (χ4n) is 4.07. The number of nitrogens with one attached hydrogen (secondary N) is 2. The van der Waals surface area contributed by atoms with Crippen molar-refractivity contribution >= 4 is 16.8 Å². The largest absolute Gasteiger partial charge is 0.350 e. The first-order chi connectivity index (χ1) is 14.2. The van der Waals surface area contributed by atoms with Gasteiger partial charge in [0.15, 0.2) is 0 Å². The topological polar surface area (TPSA) is 68.4 Å². The van der Waals surface area contributed by atoms with Gasteiger partial charge in [-0.2, -0.15) is 5.10 Å². The molecule has 4 rings (SSSR count). The molecule has 1 aromatic heterocycles. The van der Waals surface area contributed by atoms with Crippen molar-refractivity contribution in [3.05, 3.63) is 76.1 Å². The molecule has 1 aliphatic rings. The molecule has 0 aliphatic carbocycles. The van der Waals surface area contributed by atoms with Crippen molar-refractivity contribution < 1.29 is 9.69 Å². The molecule has 2 N–H and O–H groups in total. The minimum Gasteiger partial charge on any atom is -0.350 e. The van der Waals surface area contributed by atoms with E-state index in [1.807, 2.05) is 24.3 Å². The Labute approximate surface area is 170 Å². The molecule has 0 saturated carbocycles. The number of amides is 1. The molecule has 6 heteroatoms. The number of carbonyl (C=O) groups excluding carboxylic acids is 1. The SMILES string of the molecule is O=C(Cn1ncc(=O)c2ccccc21)NCc1ccccc1C[NH+]1CCCCC1. The van der Waals surface area contributed by atoms with Crippen molar-refractivity contribution in [3.8, 4) is 0 Å². The second-order valence-electron chi connectivity index (χ2n) is 7.72. The Morgan fingerprint density at radius 3 is 2.55 bits per heavy atom. The molecular formula is C23H27N4O2+. The van der Waals surface area contributed by atoms with Crippen LogP contribution in [0.2, 0.25) is 0 Å². The first-order valence-electron chi connectivity index (χ1n) is 10.3. The van der Waals surface area contributed by atoms with E-state index in [-0.39, 0.29) is 17.9 Å². The quantitative estimate of drug-likeness (QED) is 0.665. The molecule has 0 radical (unpaired) electrons. The summed E-state index contributed by atoms with van der Waals surface area (Å²) in [5.74, 6) is -0.119. The first-order valence-corrected chi connectivity index (χ1v) is 10.3. The van der Waals surface area contributed by atoms with Gasteiger partial charge in [-0.1, -0.05) is 36.4 Å². The maximum absolute atomic E-state index is 12.6. The first kappa shape index (κ1) is 19.3. The number of nitrogens with zero attached hydrogens (tertiary/aromatic N) is 2. The molecule has 150 valence electrons. The van der Waals surface area contributed by atoms with Crippen molar-refractivity contribution in [2.45, 2.75) is 38.9 Å². The van der Waals surface area contributed by atoms with Crippen molar-refractivity contribution in [1.29, 1.82) is 0 Å². The average Bonchev–Trinajstić information content (AvgIpc) is 2.76. The van der Waals surface area contributed by atoms with Crippen LogP contribution in [-0.2, 0) is 24.4 Å². The highest BCUT2D eigenvalue weighted by molar-refractivity contribution is 5.81. The summed E-state index contributed by atoms with van der Waals surface area (Å²) in [5, 5.41) is 7.73. The highest BCUT2D eigenvalue weighted by Gasteiger charge is 2.16. The molecule has 0 atom stereocenters. The Balaban J connectivity index is 1.42. The van der Waals surface area contributed by atoms with Crippen LogP contribution in [0.3, 0.4) is 0 Å². The Kier molecular flexibility index (Phi) is 6.00. The number of fused-ring (bicyclic) bond motifs is 1. The lowest BCUT2D eigenvalue weighted by molar-refractivity contribution is -0.918. The highest BCUT2D eigenvalue weighted by Crippen LogP contribution is 2.10. The summed E-state index contributed by atoms with van der Waals surface area (Å²) in [7, 11) is 0. The zero-order valence-electron chi connectivity index (χ0n) is 16.6. The number of rotatable bonds is 6. The van der Waals surface area contributed by atoms with Gasteiger partial charge in [0.05, 0.1) is 24.8 Å². The van der Waals surface area contributed by atoms with Gasteiger partial charge < -0.3 is 10.2 Å². The number of para-hydroxylation sites is 1. The summed E-state index contributed by atoms with van der Waals surface area (Å²) in [6.45, 7) is 4.05. The summed E-state index contributed by atoms with van der Waals surface area (Å²) in [4.78, 5) is 26.1. The molecule has 1 fully saturated rings. The number of likely N-dealkylation sites (tertiary alicyclic amines) is 1. The number of piperidine rings is 1. The van der Waals surface area contributed by atoms with Crippen LogP contribution in [0.5, 0.6) is 0 Å². The van der Waals surface area contributed by atoms with E-state index in [9.17, 15) is 9.59 Å². The van der Waals surface area contributed by atoms with Crippen LogP contribution in [-0.4, -0.2) is 28.8 Å². The van der Waals surface area contributed by atoms with E-state index in [4.69, 9.17) is 0 Å². The number of quaternary nitrogens is 1. The van der Waals surface area contributed by atoms with E-state index < -0.39 is 0 Å². The Morgan fingerprint density at radius 2 is 1.72 bits per heavy atom. The molecule has 1 amide bonds. The molecule has 29 heavy (non-hydrogen) atoms. The number of aromatic nitrogens is 2. The van der Waals surface area contributed by atoms with Crippen LogP contribution < -0.4 is 15.6 Å².